The van der Waals surface area contributed by atoms with Gasteiger partial charge in [-0.2, -0.15) is 5.26 Å². The Kier molecular flexibility index (Phi) is 6.46. The molecule has 0 fully saturated rings. The van der Waals surface area contributed by atoms with E-state index in [1.165, 1.54) is 21.9 Å². The van der Waals surface area contributed by atoms with Crippen molar-refractivity contribution in [2.45, 2.75) is 5.41 Å². The molecule has 1 aliphatic heterocycles. The first-order valence-electron chi connectivity index (χ1n) is 17.2. The molecule has 0 aliphatic carbocycles. The summed E-state index contributed by atoms with van der Waals surface area (Å²) in [6, 6.07) is 66.6. The molecule has 3 heteroatoms. The van der Waals surface area contributed by atoms with Gasteiger partial charge in [0.25, 0.3) is 0 Å². The number of nitriles is 1. The van der Waals surface area contributed by atoms with E-state index in [2.05, 4.69) is 174 Å². The van der Waals surface area contributed by atoms with Crippen LogP contribution in [0, 0.1) is 11.3 Å². The van der Waals surface area contributed by atoms with Crippen LogP contribution < -0.4 is 4.74 Å². The van der Waals surface area contributed by atoms with E-state index in [-0.39, 0.29) is 0 Å². The van der Waals surface area contributed by atoms with Crippen molar-refractivity contribution in [2.24, 2.45) is 0 Å². The molecular formula is C48H30N2O. The van der Waals surface area contributed by atoms with E-state index in [0.29, 0.717) is 5.56 Å². The topological polar surface area (TPSA) is 37.9 Å². The average Bonchev–Trinajstić information content (AvgIpc) is 3.53. The molecule has 1 aromatic heterocycles. The van der Waals surface area contributed by atoms with E-state index < -0.39 is 5.41 Å². The van der Waals surface area contributed by atoms with Gasteiger partial charge in [0, 0.05) is 27.6 Å². The fourth-order valence-corrected chi connectivity index (χ4v) is 8.26. The zero-order valence-corrected chi connectivity index (χ0v) is 27.6. The van der Waals surface area contributed by atoms with Crippen molar-refractivity contribution in [3.63, 3.8) is 0 Å². The first-order chi connectivity index (χ1) is 25.2. The SMILES string of the molecule is N#Cc1ccc2c(c1)c1cc(-c3ccc4c(c3)Oc3ccccc3C4(c3ccccc3)c3ccccc3)ccc1n2-c1ccc2ccccc2c1. The molecule has 0 radical (unpaired) electrons. The Morgan fingerprint density at radius 1 is 0.471 bits per heavy atom. The van der Waals surface area contributed by atoms with Crippen LogP contribution in [0.3, 0.4) is 0 Å². The molecule has 0 unspecified atom stereocenters. The second-order valence-corrected chi connectivity index (χ2v) is 13.2. The maximum absolute atomic E-state index is 9.86. The number of nitrogens with zero attached hydrogens (tertiary/aromatic N) is 2. The Hall–Kier alpha value is -6.89. The van der Waals surface area contributed by atoms with Gasteiger partial charge in [0.2, 0.25) is 0 Å². The van der Waals surface area contributed by atoms with Gasteiger partial charge in [0.05, 0.1) is 28.1 Å². The summed E-state index contributed by atoms with van der Waals surface area (Å²) < 4.78 is 9.09. The van der Waals surface area contributed by atoms with Gasteiger partial charge in [-0.3, -0.25) is 0 Å². The van der Waals surface area contributed by atoms with Crippen molar-refractivity contribution >= 4 is 32.6 Å². The Labute approximate surface area is 295 Å². The minimum atomic E-state index is -0.559. The highest BCUT2D eigenvalue weighted by Crippen LogP contribution is 2.55. The second kappa shape index (κ2) is 11.3. The Morgan fingerprint density at radius 2 is 1.08 bits per heavy atom. The van der Waals surface area contributed by atoms with Gasteiger partial charge < -0.3 is 9.30 Å². The van der Waals surface area contributed by atoms with Crippen LogP contribution in [0.4, 0.5) is 0 Å². The van der Waals surface area contributed by atoms with Gasteiger partial charge in [0.15, 0.2) is 0 Å². The van der Waals surface area contributed by atoms with Gasteiger partial charge in [-0.25, -0.2) is 0 Å². The van der Waals surface area contributed by atoms with Crippen LogP contribution in [-0.4, -0.2) is 4.57 Å². The van der Waals surface area contributed by atoms with Crippen LogP contribution in [0.1, 0.15) is 27.8 Å². The van der Waals surface area contributed by atoms with Gasteiger partial charge in [-0.1, -0.05) is 127 Å². The molecule has 1 aliphatic rings. The van der Waals surface area contributed by atoms with E-state index in [1.54, 1.807) is 0 Å². The minimum Gasteiger partial charge on any atom is -0.457 e. The highest BCUT2D eigenvalue weighted by molar-refractivity contribution is 6.11. The standard InChI is InChI=1S/C48H30N2O/c49-31-32-19-25-44-40(27-32)41-29-35(22-26-45(41)50(44)39-23-20-33-11-7-8-12-34(33)28-39)36-21-24-43-47(30-36)51-46-18-10-9-17-42(46)48(43,37-13-3-1-4-14-37)38-15-5-2-6-16-38/h1-30H. The van der Waals surface area contributed by atoms with Crippen molar-refractivity contribution in [1.29, 1.82) is 5.26 Å². The normalized spacial score (nSPS) is 13.0. The van der Waals surface area contributed by atoms with Crippen LogP contribution in [0.15, 0.2) is 182 Å². The molecule has 9 aromatic rings. The van der Waals surface area contributed by atoms with Crippen LogP contribution >= 0.6 is 0 Å². The van der Waals surface area contributed by atoms with Gasteiger partial charge in [-0.05, 0) is 87.6 Å². The van der Waals surface area contributed by atoms with Crippen LogP contribution in [-0.2, 0) is 5.41 Å². The third kappa shape index (κ3) is 4.37. The fraction of sp³-hybridized carbons (Fsp3) is 0.0208. The summed E-state index contributed by atoms with van der Waals surface area (Å²) >= 11 is 0. The number of hydrogen-bond donors (Lipinski definition) is 0. The third-order valence-corrected chi connectivity index (χ3v) is 10.5. The van der Waals surface area contributed by atoms with E-state index >= 15 is 0 Å². The maximum Gasteiger partial charge on any atom is 0.132 e. The Morgan fingerprint density at radius 3 is 1.84 bits per heavy atom. The van der Waals surface area contributed by atoms with Crippen LogP contribution in [0.2, 0.25) is 0 Å². The molecule has 8 aromatic carbocycles. The molecule has 0 spiro atoms. The van der Waals surface area contributed by atoms with Crippen molar-refractivity contribution in [2.75, 3.05) is 0 Å². The largest absolute Gasteiger partial charge is 0.457 e. The molecule has 0 saturated heterocycles. The zero-order chi connectivity index (χ0) is 33.9. The predicted molar refractivity (Wildman–Crippen MR) is 207 cm³/mol. The molecule has 3 nitrogen and oxygen atoms in total. The molecule has 2 heterocycles. The predicted octanol–water partition coefficient (Wildman–Crippen LogP) is 12.0. The lowest BCUT2D eigenvalue weighted by atomic mass is 9.63. The van der Waals surface area contributed by atoms with E-state index in [0.717, 1.165) is 61.2 Å². The molecule has 0 amide bonds. The van der Waals surface area contributed by atoms with E-state index in [4.69, 9.17) is 4.74 Å². The van der Waals surface area contributed by atoms with Crippen molar-refractivity contribution in [3.8, 4) is 34.4 Å². The van der Waals surface area contributed by atoms with Gasteiger partial charge in [-0.15, -0.1) is 0 Å². The Bertz CT molecular complexity index is 2800. The van der Waals surface area contributed by atoms with E-state index in [9.17, 15) is 5.26 Å². The monoisotopic (exact) mass is 650 g/mol. The smallest absolute Gasteiger partial charge is 0.132 e. The van der Waals surface area contributed by atoms with Crippen molar-refractivity contribution in [1.82, 2.24) is 4.57 Å². The summed E-state index contributed by atoms with van der Waals surface area (Å²) in [5.74, 6) is 1.69. The molecule has 238 valence electrons. The highest BCUT2D eigenvalue weighted by Gasteiger charge is 2.45. The van der Waals surface area contributed by atoms with Gasteiger partial charge >= 0.3 is 0 Å². The molecule has 51 heavy (non-hydrogen) atoms. The van der Waals surface area contributed by atoms with Crippen molar-refractivity contribution < 1.29 is 4.74 Å². The number of hydrogen-bond acceptors (Lipinski definition) is 2. The second-order valence-electron chi connectivity index (χ2n) is 13.2. The lowest BCUT2D eigenvalue weighted by Gasteiger charge is -2.41. The van der Waals surface area contributed by atoms with Crippen LogP contribution in [0.25, 0.3) is 49.4 Å². The number of ether oxygens (including phenoxy) is 1. The highest BCUT2D eigenvalue weighted by atomic mass is 16.5. The first-order valence-corrected chi connectivity index (χ1v) is 17.2. The number of aromatic nitrogens is 1. The van der Waals surface area contributed by atoms with Crippen molar-refractivity contribution in [3.05, 3.63) is 210 Å². The van der Waals surface area contributed by atoms with Gasteiger partial charge in [0.1, 0.15) is 11.5 Å². The summed E-state index contributed by atoms with van der Waals surface area (Å²) in [5, 5.41) is 14.4. The average molecular weight is 651 g/mol. The molecule has 0 bridgehead atoms. The summed E-state index contributed by atoms with van der Waals surface area (Å²) in [7, 11) is 0. The Balaban J connectivity index is 1.19. The first kappa shape index (κ1) is 29.1. The number of rotatable bonds is 4. The minimum absolute atomic E-state index is 0.559. The van der Waals surface area contributed by atoms with Crippen LogP contribution in [0.5, 0.6) is 11.5 Å². The molecule has 10 rings (SSSR count). The summed E-state index contributed by atoms with van der Waals surface area (Å²) in [6.45, 7) is 0. The molecular weight excluding hydrogens is 621 g/mol. The number of para-hydroxylation sites is 1. The lowest BCUT2D eigenvalue weighted by molar-refractivity contribution is 0.435. The quantitative estimate of drug-likeness (QED) is 0.190. The zero-order valence-electron chi connectivity index (χ0n) is 27.6. The fourth-order valence-electron chi connectivity index (χ4n) is 8.26. The number of benzene rings is 8. The number of fused-ring (bicyclic) bond motifs is 6. The summed E-state index contributed by atoms with van der Waals surface area (Å²) in [5.41, 5.74) is 10.1. The lowest BCUT2D eigenvalue weighted by Crippen LogP contribution is -2.34. The summed E-state index contributed by atoms with van der Waals surface area (Å²) in [4.78, 5) is 0. The molecule has 0 N–H and O–H groups in total. The molecule has 0 atom stereocenters. The molecule has 0 saturated carbocycles. The third-order valence-electron chi connectivity index (χ3n) is 10.5. The summed E-state index contributed by atoms with van der Waals surface area (Å²) in [6.07, 6.45) is 0. The maximum atomic E-state index is 9.86. The van der Waals surface area contributed by atoms with E-state index in [1.807, 2.05) is 18.2 Å².